The number of esters is 1. The first-order valence-corrected chi connectivity index (χ1v) is 26.7. The minimum Gasteiger partial charge on any atom is -0.466 e. The van der Waals surface area contributed by atoms with Gasteiger partial charge in [-0.15, -0.1) is 0 Å². The summed E-state index contributed by atoms with van der Waals surface area (Å²) in [4.78, 5) is 160. The molecule has 33 heteroatoms. The maximum absolute atomic E-state index is 13.8. The van der Waals surface area contributed by atoms with Crippen molar-refractivity contribution in [1.29, 1.82) is 0 Å². The minimum atomic E-state index is -0.780. The topological polar surface area (TPSA) is 395 Å². The van der Waals surface area contributed by atoms with Gasteiger partial charge in [0.25, 0.3) is 41.4 Å². The molecule has 0 radical (unpaired) electrons. The fourth-order valence-corrected chi connectivity index (χ4v) is 8.46. The van der Waals surface area contributed by atoms with Crippen molar-refractivity contribution in [1.82, 2.24) is 73.3 Å². The second-order valence-electron chi connectivity index (χ2n) is 19.4. The van der Waals surface area contributed by atoms with E-state index in [1.165, 1.54) is 104 Å². The van der Waals surface area contributed by atoms with Crippen molar-refractivity contribution in [3.05, 3.63) is 108 Å². The second kappa shape index (κ2) is 27.7. The number of ether oxygens (including phenoxy) is 1. The first-order chi connectivity index (χ1) is 40.9. The fourth-order valence-electron chi connectivity index (χ4n) is 8.46. The molecule has 0 saturated heterocycles. The van der Waals surface area contributed by atoms with Crippen LogP contribution in [0.25, 0.3) is 0 Å². The first-order valence-electron chi connectivity index (χ1n) is 26.7. The number of amides is 10. The average molecular weight is 1190 g/mol. The monoisotopic (exact) mass is 1190 g/mol. The Morgan fingerprint density at radius 2 is 0.919 bits per heavy atom. The quantitative estimate of drug-likeness (QED) is 0.0285. The fraction of sp³-hybridized carbons (Fsp3) is 0.340. The Balaban J connectivity index is 0.871. The van der Waals surface area contributed by atoms with Gasteiger partial charge in [0.2, 0.25) is 35.2 Å². The molecule has 0 spiro atoms. The van der Waals surface area contributed by atoms with Crippen molar-refractivity contribution in [2.24, 2.45) is 49.3 Å². The Labute approximate surface area is 490 Å². The molecule has 0 aliphatic rings. The summed E-state index contributed by atoms with van der Waals surface area (Å²) < 4.78 is 14.9. The smallest absolute Gasteiger partial charge is 0.307 e. The Hall–Kier alpha value is -11.2. The number of aryl methyl sites for hydroxylation is 7. The molecule has 0 aliphatic carbocycles. The molecule has 9 N–H and O–H groups in total. The van der Waals surface area contributed by atoms with Gasteiger partial charge in [0.15, 0.2) is 23.3 Å². The van der Waals surface area contributed by atoms with Crippen LogP contribution in [-0.2, 0) is 73.2 Å². The maximum atomic E-state index is 13.8. The van der Waals surface area contributed by atoms with Crippen molar-refractivity contribution in [2.45, 2.75) is 46.0 Å². The summed E-state index contributed by atoms with van der Waals surface area (Å²) in [5.41, 5.74) is 3.74. The summed E-state index contributed by atoms with van der Waals surface area (Å²) in [7, 11) is 11.0. The number of anilines is 6. The number of rotatable bonds is 25. The molecular formula is C53H65N21O12. The van der Waals surface area contributed by atoms with Crippen LogP contribution in [-0.4, -0.2) is 143 Å². The molecule has 0 aromatic carbocycles. The molecule has 7 aromatic rings. The van der Waals surface area contributed by atoms with Crippen molar-refractivity contribution in [3.8, 4) is 0 Å². The molecular weight excluding hydrogens is 1120 g/mol. The standard InChI is InChI=1S/C53H65N21O12/c1-10-12-41(77)74(38-29-73(9)45(65-38)51(83)56-17-13-39(75)58-30-21-34(69(5)24-30)48(80)64-37-28-71(7)44(63-37)50(82)57-18-15-42(78)86-11-2)66-49(81)35-23-32(26-70(35)6)60-53(85)46-62-36(27-72(46)8)61-40(76)14-16-55-47(79)33-22-31(25-68(33)4)59-52(84)43-54-19-20-67(43)3/h19-29H,10-18H2,1-9H3,(H,55,79)(H,56,83)(H,57,82)(H,58,75)(H,59,84)(H,60,85)(H,61,76)(H,64,80)(H,66,81). The lowest BCUT2D eigenvalue weighted by Crippen LogP contribution is -2.47. The van der Waals surface area contributed by atoms with Crippen molar-refractivity contribution < 1.29 is 57.5 Å². The molecule has 10 amide bonds. The van der Waals surface area contributed by atoms with Crippen molar-refractivity contribution in [2.75, 3.05) is 57.8 Å². The third-order valence-corrected chi connectivity index (χ3v) is 12.6. The Bertz CT molecular complexity index is 3750. The highest BCUT2D eigenvalue weighted by Crippen LogP contribution is 2.20. The molecule has 0 atom stereocenters. The number of aromatic nitrogens is 11. The van der Waals surface area contributed by atoms with Crippen LogP contribution < -0.4 is 53.0 Å². The van der Waals surface area contributed by atoms with E-state index in [-0.39, 0.29) is 121 Å². The SMILES string of the molecule is CCCC(=O)N(NC(=O)c1cc(NC(=O)c2nc(NC(=O)CCNC(=O)c3cc(NC(=O)c4nccn4C)cn3C)cn2C)cn1C)c1cn(C)c(C(=O)NCCC(=O)Nc2cc(C(=O)Nc3cn(C)c(C(=O)NCCC(=O)OCC)n3)n(C)c2)n1. The van der Waals surface area contributed by atoms with Crippen LogP contribution >= 0.6 is 0 Å². The van der Waals surface area contributed by atoms with E-state index in [0.717, 1.165) is 5.01 Å². The van der Waals surface area contributed by atoms with E-state index in [2.05, 4.69) is 67.9 Å². The van der Waals surface area contributed by atoms with E-state index < -0.39 is 65.0 Å². The number of hydrazine groups is 1. The van der Waals surface area contributed by atoms with Crippen LogP contribution in [0.5, 0.6) is 0 Å². The number of hydrogen-bond acceptors (Lipinski definition) is 16. The molecule has 86 heavy (non-hydrogen) atoms. The predicted octanol–water partition coefficient (Wildman–Crippen LogP) is 1.07. The third kappa shape index (κ3) is 15.7. The summed E-state index contributed by atoms with van der Waals surface area (Å²) in [6.45, 7) is 3.48. The Kier molecular flexibility index (Phi) is 20.1. The van der Waals surface area contributed by atoms with E-state index in [9.17, 15) is 52.7 Å². The van der Waals surface area contributed by atoms with E-state index in [1.54, 1.807) is 59.0 Å². The van der Waals surface area contributed by atoms with Crippen LogP contribution in [0.3, 0.4) is 0 Å². The normalized spacial score (nSPS) is 10.8. The largest absolute Gasteiger partial charge is 0.466 e. The summed E-state index contributed by atoms with van der Waals surface area (Å²) in [5.74, 6) is -6.40. The second-order valence-corrected chi connectivity index (χ2v) is 19.4. The van der Waals surface area contributed by atoms with Crippen LogP contribution in [0.1, 0.15) is 120 Å². The summed E-state index contributed by atoms with van der Waals surface area (Å²) in [6.07, 6.45) is 11.8. The van der Waals surface area contributed by atoms with Crippen molar-refractivity contribution in [3.63, 3.8) is 0 Å². The minimum absolute atomic E-state index is 0.00373. The van der Waals surface area contributed by atoms with Gasteiger partial charge in [-0.3, -0.25) is 58.2 Å². The lowest BCUT2D eigenvalue weighted by Gasteiger charge is -2.21. The highest BCUT2D eigenvalue weighted by molar-refractivity contribution is 6.07. The zero-order chi connectivity index (χ0) is 62.5. The Morgan fingerprint density at radius 3 is 1.47 bits per heavy atom. The zero-order valence-electron chi connectivity index (χ0n) is 48.5. The predicted molar refractivity (Wildman–Crippen MR) is 308 cm³/mol. The molecule has 0 aliphatic heterocycles. The third-order valence-electron chi connectivity index (χ3n) is 12.6. The summed E-state index contributed by atoms with van der Waals surface area (Å²) in [5, 5.41) is 22.0. The molecule has 7 heterocycles. The van der Waals surface area contributed by atoms with E-state index in [0.29, 0.717) is 12.1 Å². The molecule has 7 rings (SSSR count). The van der Waals surface area contributed by atoms with Crippen LogP contribution in [0.2, 0.25) is 0 Å². The lowest BCUT2D eigenvalue weighted by atomic mass is 10.3. The van der Waals surface area contributed by atoms with Gasteiger partial charge in [0, 0.05) is 132 Å². The van der Waals surface area contributed by atoms with E-state index in [1.807, 2.05) is 0 Å². The number of nitrogens with zero attached hydrogens (tertiary/aromatic N) is 12. The lowest BCUT2D eigenvalue weighted by molar-refractivity contribution is -0.143. The van der Waals surface area contributed by atoms with Crippen molar-refractivity contribution >= 4 is 99.6 Å². The van der Waals surface area contributed by atoms with Gasteiger partial charge in [-0.1, -0.05) is 6.92 Å². The molecule has 454 valence electrons. The molecule has 0 fully saturated rings. The average Bonchev–Trinajstić information content (AvgIpc) is 2.96. The maximum Gasteiger partial charge on any atom is 0.307 e. The van der Waals surface area contributed by atoms with Gasteiger partial charge in [-0.05, 0) is 31.5 Å². The molecule has 0 unspecified atom stereocenters. The highest BCUT2D eigenvalue weighted by atomic mass is 16.5. The number of hydrogen-bond donors (Lipinski definition) is 9. The summed E-state index contributed by atoms with van der Waals surface area (Å²) >= 11 is 0. The van der Waals surface area contributed by atoms with Crippen LogP contribution in [0.15, 0.2) is 67.8 Å². The molecule has 0 bridgehead atoms. The van der Waals surface area contributed by atoms with E-state index in [4.69, 9.17) is 4.74 Å². The van der Waals surface area contributed by atoms with Gasteiger partial charge >= 0.3 is 5.97 Å². The number of nitrogens with one attached hydrogen (secondary N) is 9. The number of imidazole rings is 4. The molecule has 0 saturated carbocycles. The number of carbonyl (C=O) groups is 11. The van der Waals surface area contributed by atoms with E-state index >= 15 is 0 Å². The molecule has 7 aromatic heterocycles. The van der Waals surface area contributed by atoms with Crippen LogP contribution in [0, 0.1) is 0 Å². The van der Waals surface area contributed by atoms with Gasteiger partial charge in [-0.25, -0.2) is 24.9 Å². The highest BCUT2D eigenvalue weighted by Gasteiger charge is 2.27. The first kappa shape index (κ1) is 62.5. The Morgan fingerprint density at radius 1 is 0.453 bits per heavy atom. The number of carbonyl (C=O) groups excluding carboxylic acids is 11. The molecule has 33 nitrogen and oxygen atoms in total. The van der Waals surface area contributed by atoms with Crippen LogP contribution in [0.4, 0.5) is 34.5 Å². The summed E-state index contributed by atoms with van der Waals surface area (Å²) in [6, 6.07) is 4.27. The van der Waals surface area contributed by atoms with Gasteiger partial charge < -0.3 is 79.2 Å². The zero-order valence-corrected chi connectivity index (χ0v) is 48.5. The van der Waals surface area contributed by atoms with Gasteiger partial charge in [0.1, 0.15) is 17.1 Å². The van der Waals surface area contributed by atoms with Gasteiger partial charge in [0.05, 0.1) is 36.3 Å². The van der Waals surface area contributed by atoms with Gasteiger partial charge in [-0.2, -0.15) is 0 Å².